The molecule has 1 aliphatic heterocycles. The van der Waals surface area contributed by atoms with Crippen molar-refractivity contribution in [2.24, 2.45) is 5.92 Å². The molecule has 1 fully saturated rings. The molecule has 0 radical (unpaired) electrons. The predicted octanol–water partition coefficient (Wildman–Crippen LogP) is 4.02. The molecule has 1 aliphatic rings. The maximum absolute atomic E-state index is 13.3. The van der Waals surface area contributed by atoms with E-state index in [1.807, 2.05) is 31.2 Å². The van der Waals surface area contributed by atoms with Gasteiger partial charge >= 0.3 is 0 Å². The van der Waals surface area contributed by atoms with Crippen molar-refractivity contribution in [1.82, 2.24) is 14.7 Å². The lowest BCUT2D eigenvalue weighted by atomic mass is 9.97. The van der Waals surface area contributed by atoms with Crippen molar-refractivity contribution in [3.8, 4) is 11.3 Å². The van der Waals surface area contributed by atoms with Crippen molar-refractivity contribution in [2.45, 2.75) is 44.7 Å². The van der Waals surface area contributed by atoms with Crippen molar-refractivity contribution in [3.63, 3.8) is 0 Å². The number of nitrogens with one attached hydrogen (secondary N) is 1. The minimum Gasteiger partial charge on any atom is -0.384 e. The summed E-state index contributed by atoms with van der Waals surface area (Å²) in [5.41, 5.74) is 8.32. The average molecular weight is 482 g/mol. The van der Waals surface area contributed by atoms with Gasteiger partial charge in [0.2, 0.25) is 0 Å². The maximum Gasteiger partial charge on any atom is 0.281 e. The van der Waals surface area contributed by atoms with Crippen molar-refractivity contribution in [3.05, 3.63) is 65.7 Å². The highest BCUT2D eigenvalue weighted by atomic mass is 32.2. The molecule has 0 spiro atoms. The quantitative estimate of drug-likeness (QED) is 0.565. The molecule has 3 N–H and O–H groups in total. The molecule has 34 heavy (non-hydrogen) atoms. The van der Waals surface area contributed by atoms with E-state index in [0.717, 1.165) is 17.5 Å². The summed E-state index contributed by atoms with van der Waals surface area (Å²) in [6.07, 6.45) is 0.927. The number of hydrogen-bond donors (Lipinski definition) is 2. The predicted molar refractivity (Wildman–Crippen MR) is 135 cm³/mol. The number of nitrogens with zero attached hydrogens (tertiary/aromatic N) is 3. The van der Waals surface area contributed by atoms with E-state index in [2.05, 4.69) is 35.4 Å². The Labute approximate surface area is 201 Å². The van der Waals surface area contributed by atoms with Crippen LogP contribution in [0.4, 0.5) is 11.6 Å². The summed E-state index contributed by atoms with van der Waals surface area (Å²) in [7, 11) is -4.21. The van der Waals surface area contributed by atoms with Crippen LogP contribution in [0.3, 0.4) is 0 Å². The van der Waals surface area contributed by atoms with Gasteiger partial charge in [-0.25, -0.2) is 14.7 Å². The van der Waals surface area contributed by atoms with Crippen molar-refractivity contribution in [1.29, 1.82) is 0 Å². The van der Waals surface area contributed by atoms with E-state index in [1.54, 1.807) is 12.1 Å². The lowest BCUT2D eigenvalue weighted by Gasteiger charge is -2.34. The van der Waals surface area contributed by atoms with Crippen molar-refractivity contribution in [2.75, 3.05) is 17.2 Å². The first-order chi connectivity index (χ1) is 16.0. The molecule has 3 aromatic rings. The van der Waals surface area contributed by atoms with Crippen LogP contribution in [0.15, 0.2) is 59.6 Å². The molecule has 1 unspecified atom stereocenters. The van der Waals surface area contributed by atoms with Gasteiger partial charge in [0.15, 0.2) is 5.03 Å². The van der Waals surface area contributed by atoms with Crippen LogP contribution in [0.5, 0.6) is 0 Å². The molecule has 0 bridgehead atoms. The minimum absolute atomic E-state index is 0. The average Bonchev–Trinajstić information content (AvgIpc) is 3.05. The van der Waals surface area contributed by atoms with Crippen LogP contribution >= 0.6 is 0 Å². The molecular weight excluding hydrogens is 450 g/mol. The number of nitrogen functional groups attached to an aromatic ring is 1. The van der Waals surface area contributed by atoms with Crippen LogP contribution in [0.25, 0.3) is 11.3 Å². The Kier molecular flexibility index (Phi) is 6.07. The first-order valence-electron chi connectivity index (χ1n) is 11.1. The third kappa shape index (κ3) is 4.75. The Balaban J connectivity index is 0.00000342. The van der Waals surface area contributed by atoms with Gasteiger partial charge in [0.05, 0.1) is 11.3 Å². The molecule has 9 heteroatoms. The maximum atomic E-state index is 13.3. The Hall–Kier alpha value is -3.46. The minimum atomic E-state index is -4.21. The fourth-order valence-electron chi connectivity index (χ4n) is 4.49. The molecule has 1 saturated heterocycles. The van der Waals surface area contributed by atoms with Gasteiger partial charge in [-0.2, -0.15) is 8.42 Å². The van der Waals surface area contributed by atoms with Crippen LogP contribution in [0.2, 0.25) is 0 Å². The van der Waals surface area contributed by atoms with Gasteiger partial charge in [-0.3, -0.25) is 4.79 Å². The summed E-state index contributed by atoms with van der Waals surface area (Å²) in [5, 5.41) is -0.318. The monoisotopic (exact) mass is 481 g/mol. The Bertz CT molecular complexity index is 1340. The number of anilines is 2. The molecule has 2 aromatic heterocycles. The standard InChI is InChI=1S/C25H29N5O3S.H2/c1-16-8-10-18(11-9-16)20-13-12-19(23(27-20)30-15-17(2)14-25(30,3)4)24(31)29-34(32,33)22-7-5-6-21(26)28-22;/h5-13,17H,14-15H2,1-4H3,(H2,26,28)(H,29,31);1H. The zero-order valence-corrected chi connectivity index (χ0v) is 20.6. The van der Waals surface area contributed by atoms with Gasteiger partial charge in [-0.15, -0.1) is 0 Å². The number of amides is 1. The van der Waals surface area contributed by atoms with E-state index in [4.69, 9.17) is 10.7 Å². The fourth-order valence-corrected chi connectivity index (χ4v) is 5.43. The van der Waals surface area contributed by atoms with Gasteiger partial charge in [0.25, 0.3) is 15.9 Å². The largest absolute Gasteiger partial charge is 0.384 e. The van der Waals surface area contributed by atoms with Crippen LogP contribution in [-0.4, -0.2) is 36.4 Å². The second kappa shape index (κ2) is 8.72. The van der Waals surface area contributed by atoms with Crippen molar-refractivity contribution >= 4 is 27.6 Å². The Morgan fingerprint density at radius 3 is 2.44 bits per heavy atom. The molecule has 0 saturated carbocycles. The van der Waals surface area contributed by atoms with E-state index >= 15 is 0 Å². The highest BCUT2D eigenvalue weighted by Crippen LogP contribution is 2.38. The molecule has 8 nitrogen and oxygen atoms in total. The number of carbonyl (C=O) groups excluding carboxylic acids is 1. The smallest absolute Gasteiger partial charge is 0.281 e. The molecule has 180 valence electrons. The summed E-state index contributed by atoms with van der Waals surface area (Å²) < 4.78 is 27.8. The number of hydrogen-bond acceptors (Lipinski definition) is 7. The van der Waals surface area contributed by atoms with E-state index in [0.29, 0.717) is 24.0 Å². The molecule has 1 atom stereocenters. The van der Waals surface area contributed by atoms with E-state index < -0.39 is 15.9 Å². The Morgan fingerprint density at radius 2 is 1.82 bits per heavy atom. The van der Waals surface area contributed by atoms with Gasteiger partial charge in [0, 0.05) is 19.1 Å². The highest BCUT2D eigenvalue weighted by Gasteiger charge is 2.39. The van der Waals surface area contributed by atoms with Crippen molar-refractivity contribution < 1.29 is 14.6 Å². The van der Waals surface area contributed by atoms with Gasteiger partial charge in [-0.1, -0.05) is 42.8 Å². The second-order valence-corrected chi connectivity index (χ2v) is 11.1. The van der Waals surface area contributed by atoms with E-state index in [-0.39, 0.29) is 23.4 Å². The van der Waals surface area contributed by atoms with E-state index in [1.165, 1.54) is 18.2 Å². The van der Waals surface area contributed by atoms with Crippen LogP contribution in [0, 0.1) is 12.8 Å². The molecule has 3 heterocycles. The number of nitrogens with two attached hydrogens (primary N) is 1. The third-order valence-corrected chi connectivity index (χ3v) is 7.28. The molecular formula is C25H31N5O3S. The number of aryl methyl sites for hydroxylation is 1. The van der Waals surface area contributed by atoms with Gasteiger partial charge < -0.3 is 10.6 Å². The van der Waals surface area contributed by atoms with Crippen LogP contribution < -0.4 is 15.4 Å². The van der Waals surface area contributed by atoms with Gasteiger partial charge in [0.1, 0.15) is 11.6 Å². The molecule has 1 aromatic carbocycles. The second-order valence-electron chi connectivity index (χ2n) is 9.50. The third-order valence-electron chi connectivity index (χ3n) is 6.04. The zero-order chi connectivity index (χ0) is 24.7. The summed E-state index contributed by atoms with van der Waals surface area (Å²) in [6, 6.07) is 15.6. The first-order valence-corrected chi connectivity index (χ1v) is 12.6. The zero-order valence-electron chi connectivity index (χ0n) is 19.7. The van der Waals surface area contributed by atoms with Crippen LogP contribution in [0.1, 0.15) is 44.5 Å². The summed E-state index contributed by atoms with van der Waals surface area (Å²) >= 11 is 0. The summed E-state index contributed by atoms with van der Waals surface area (Å²) in [5.74, 6) is 0.141. The number of sulfonamides is 1. The summed E-state index contributed by atoms with van der Waals surface area (Å²) in [6.45, 7) is 9.08. The highest BCUT2D eigenvalue weighted by molar-refractivity contribution is 7.90. The molecule has 1 amide bonds. The number of carbonyl (C=O) groups is 1. The number of rotatable bonds is 5. The first kappa shape index (κ1) is 23.7. The SMILES string of the molecule is Cc1ccc(-c2ccc(C(=O)NS(=O)(=O)c3cccc(N)n3)c(N3CC(C)CC3(C)C)n2)cc1.[HH]. The van der Waals surface area contributed by atoms with Gasteiger partial charge in [-0.05, 0) is 57.4 Å². The Morgan fingerprint density at radius 1 is 1.12 bits per heavy atom. The van der Waals surface area contributed by atoms with E-state index in [9.17, 15) is 13.2 Å². The number of benzene rings is 1. The number of aromatic nitrogens is 2. The fraction of sp³-hybridized carbons (Fsp3) is 0.320. The van der Waals surface area contributed by atoms with Crippen LogP contribution in [-0.2, 0) is 10.0 Å². The number of pyridine rings is 2. The normalized spacial score (nSPS) is 17.5. The lowest BCUT2D eigenvalue weighted by Crippen LogP contribution is -2.41. The molecule has 4 rings (SSSR count). The topological polar surface area (TPSA) is 118 Å². The molecule has 0 aliphatic carbocycles. The summed E-state index contributed by atoms with van der Waals surface area (Å²) in [4.78, 5) is 24.0. The lowest BCUT2D eigenvalue weighted by molar-refractivity contribution is 0.0981.